The molecule has 6 nitrogen and oxygen atoms in total. The van der Waals surface area contributed by atoms with Gasteiger partial charge in [-0.2, -0.15) is 8.78 Å². The van der Waals surface area contributed by atoms with Crippen molar-refractivity contribution in [1.82, 2.24) is 4.90 Å². The lowest BCUT2D eigenvalue weighted by molar-refractivity contribution is -0.147. The number of carboxylic acid groups (broad SMARTS) is 1. The zero-order valence-corrected chi connectivity index (χ0v) is 12.7. The number of hydrogen-bond donors (Lipinski definition) is 1. The van der Waals surface area contributed by atoms with Crippen molar-refractivity contribution in [3.63, 3.8) is 0 Å². The van der Waals surface area contributed by atoms with E-state index in [-0.39, 0.29) is 29.5 Å². The third-order valence-electron chi connectivity index (χ3n) is 3.90. The van der Waals surface area contributed by atoms with Gasteiger partial charge in [-0.25, -0.2) is 0 Å². The van der Waals surface area contributed by atoms with Crippen LogP contribution in [-0.2, 0) is 4.79 Å². The molecule has 0 aromatic heterocycles. The number of nitrogens with zero attached hydrogens (tertiary/aromatic N) is 1. The number of alkyl halides is 2. The van der Waals surface area contributed by atoms with Crippen LogP contribution < -0.4 is 9.47 Å². The van der Waals surface area contributed by atoms with E-state index in [0.717, 1.165) is 0 Å². The number of ether oxygens (including phenoxy) is 2. The van der Waals surface area contributed by atoms with Crippen molar-refractivity contribution >= 4 is 11.9 Å². The van der Waals surface area contributed by atoms with E-state index in [1.165, 1.54) is 30.2 Å². The first-order chi connectivity index (χ1) is 10.8. The highest BCUT2D eigenvalue weighted by atomic mass is 19.3. The molecule has 126 valence electrons. The van der Waals surface area contributed by atoms with Gasteiger partial charge in [0.2, 0.25) is 0 Å². The Balaban J connectivity index is 2.19. The maximum absolute atomic E-state index is 12.4. The maximum atomic E-state index is 12.4. The van der Waals surface area contributed by atoms with Gasteiger partial charge in [0.15, 0.2) is 11.5 Å². The van der Waals surface area contributed by atoms with Gasteiger partial charge in [0.1, 0.15) is 0 Å². The van der Waals surface area contributed by atoms with Crippen molar-refractivity contribution in [2.45, 2.75) is 20.0 Å². The van der Waals surface area contributed by atoms with Gasteiger partial charge in [0, 0.05) is 18.7 Å². The fraction of sp³-hybridized carbons (Fsp3) is 0.467. The average Bonchev–Trinajstić information content (AvgIpc) is 2.90. The average molecular weight is 329 g/mol. The molecule has 1 N–H and O–H groups in total. The van der Waals surface area contributed by atoms with Crippen LogP contribution in [0.15, 0.2) is 18.2 Å². The molecular formula is C15H17F2NO5. The molecule has 0 aliphatic carbocycles. The standard InChI is InChI=1S/C15H17F2NO5/c1-15(13(20)21)5-6-18(8-15)12(19)9-3-4-10(23-14(16)17)11(7-9)22-2/h3-4,7,14H,5-6,8H2,1-2H3,(H,20,21). The number of benzene rings is 1. The van der Waals surface area contributed by atoms with Crippen LogP contribution in [0.3, 0.4) is 0 Å². The van der Waals surface area contributed by atoms with E-state index in [1.54, 1.807) is 6.92 Å². The lowest BCUT2D eigenvalue weighted by Gasteiger charge is -2.20. The molecule has 1 amide bonds. The largest absolute Gasteiger partial charge is 0.493 e. The Bertz CT molecular complexity index is 622. The van der Waals surface area contributed by atoms with E-state index >= 15 is 0 Å². The quantitative estimate of drug-likeness (QED) is 0.896. The van der Waals surface area contributed by atoms with Crippen LogP contribution in [0.1, 0.15) is 23.7 Å². The summed E-state index contributed by atoms with van der Waals surface area (Å²) in [5.74, 6) is -1.49. The highest BCUT2D eigenvalue weighted by Gasteiger charge is 2.42. The van der Waals surface area contributed by atoms with Gasteiger partial charge in [-0.1, -0.05) is 0 Å². The van der Waals surface area contributed by atoms with E-state index in [2.05, 4.69) is 4.74 Å². The molecule has 0 spiro atoms. The summed E-state index contributed by atoms with van der Waals surface area (Å²) in [7, 11) is 1.28. The van der Waals surface area contributed by atoms with Crippen molar-refractivity contribution in [1.29, 1.82) is 0 Å². The number of halogens is 2. The molecule has 0 bridgehead atoms. The molecule has 1 heterocycles. The predicted molar refractivity (Wildman–Crippen MR) is 75.9 cm³/mol. The molecule has 1 atom stereocenters. The molecule has 1 saturated heterocycles. The summed E-state index contributed by atoms with van der Waals surface area (Å²) in [4.78, 5) is 25.1. The van der Waals surface area contributed by atoms with Crippen molar-refractivity contribution < 1.29 is 33.0 Å². The minimum atomic E-state index is -3.00. The van der Waals surface area contributed by atoms with Gasteiger partial charge < -0.3 is 19.5 Å². The summed E-state index contributed by atoms with van der Waals surface area (Å²) >= 11 is 0. The molecule has 0 radical (unpaired) electrons. The second-order valence-corrected chi connectivity index (χ2v) is 5.59. The zero-order chi connectivity index (χ0) is 17.2. The highest BCUT2D eigenvalue weighted by molar-refractivity contribution is 5.95. The Kier molecular flexibility index (Phi) is 4.72. The third kappa shape index (κ3) is 3.52. The molecule has 23 heavy (non-hydrogen) atoms. The van der Waals surface area contributed by atoms with Crippen LogP contribution in [-0.4, -0.2) is 48.7 Å². The van der Waals surface area contributed by atoms with Crippen LogP contribution >= 0.6 is 0 Å². The second-order valence-electron chi connectivity index (χ2n) is 5.59. The highest BCUT2D eigenvalue weighted by Crippen LogP contribution is 2.33. The lowest BCUT2D eigenvalue weighted by Crippen LogP contribution is -2.34. The number of likely N-dealkylation sites (tertiary alicyclic amines) is 1. The summed E-state index contributed by atoms with van der Waals surface area (Å²) in [6.45, 7) is -0.999. The summed E-state index contributed by atoms with van der Waals surface area (Å²) < 4.78 is 33.8. The number of rotatable bonds is 5. The number of carbonyl (C=O) groups excluding carboxylic acids is 1. The van der Waals surface area contributed by atoms with E-state index in [0.29, 0.717) is 13.0 Å². The molecule has 1 aliphatic heterocycles. The Hall–Kier alpha value is -2.38. The van der Waals surface area contributed by atoms with Crippen molar-refractivity contribution in [2.24, 2.45) is 5.41 Å². The number of methoxy groups -OCH3 is 1. The second kappa shape index (κ2) is 6.39. The first-order valence-electron chi connectivity index (χ1n) is 6.92. The minimum Gasteiger partial charge on any atom is -0.493 e. The predicted octanol–water partition coefficient (Wildman–Crippen LogP) is 2.23. The normalized spacial score (nSPS) is 20.7. The van der Waals surface area contributed by atoms with E-state index in [1.807, 2.05) is 0 Å². The van der Waals surface area contributed by atoms with E-state index in [4.69, 9.17) is 4.74 Å². The first-order valence-corrected chi connectivity index (χ1v) is 6.92. The topological polar surface area (TPSA) is 76.1 Å². The molecule has 1 aromatic rings. The van der Waals surface area contributed by atoms with Gasteiger partial charge in [-0.15, -0.1) is 0 Å². The summed E-state index contributed by atoms with van der Waals surface area (Å²) in [5, 5.41) is 9.20. The molecule has 0 saturated carbocycles. The minimum absolute atomic E-state index is 0.0105. The van der Waals surface area contributed by atoms with Crippen LogP contribution in [0.2, 0.25) is 0 Å². The smallest absolute Gasteiger partial charge is 0.387 e. The third-order valence-corrected chi connectivity index (χ3v) is 3.90. The SMILES string of the molecule is COc1cc(C(=O)N2CCC(C)(C(=O)O)C2)ccc1OC(F)F. The van der Waals surface area contributed by atoms with Crippen molar-refractivity contribution in [3.8, 4) is 11.5 Å². The number of carboxylic acids is 1. The molecule has 1 aromatic carbocycles. The summed E-state index contributed by atoms with van der Waals surface area (Å²) in [5.41, 5.74) is -0.753. The van der Waals surface area contributed by atoms with Gasteiger partial charge in [0.05, 0.1) is 12.5 Å². The van der Waals surface area contributed by atoms with E-state index in [9.17, 15) is 23.5 Å². The fourth-order valence-electron chi connectivity index (χ4n) is 2.49. The Morgan fingerprint density at radius 3 is 2.57 bits per heavy atom. The number of aliphatic carboxylic acids is 1. The van der Waals surface area contributed by atoms with Crippen LogP contribution in [0.5, 0.6) is 11.5 Å². The van der Waals surface area contributed by atoms with Crippen molar-refractivity contribution in [2.75, 3.05) is 20.2 Å². The molecule has 8 heteroatoms. The monoisotopic (exact) mass is 329 g/mol. The molecule has 1 unspecified atom stereocenters. The van der Waals surface area contributed by atoms with Gasteiger partial charge >= 0.3 is 12.6 Å². The number of amides is 1. The van der Waals surface area contributed by atoms with Crippen molar-refractivity contribution in [3.05, 3.63) is 23.8 Å². The fourth-order valence-corrected chi connectivity index (χ4v) is 2.49. The molecular weight excluding hydrogens is 312 g/mol. The van der Waals surface area contributed by atoms with Crippen LogP contribution in [0.4, 0.5) is 8.78 Å². The van der Waals surface area contributed by atoms with Gasteiger partial charge in [0.25, 0.3) is 5.91 Å². The molecule has 2 rings (SSSR count). The van der Waals surface area contributed by atoms with Crippen LogP contribution in [0, 0.1) is 5.41 Å². The Morgan fingerprint density at radius 2 is 2.04 bits per heavy atom. The van der Waals surface area contributed by atoms with Crippen LogP contribution in [0.25, 0.3) is 0 Å². The Labute approximate surface area is 131 Å². The summed E-state index contributed by atoms with van der Waals surface area (Å²) in [6, 6.07) is 3.88. The lowest BCUT2D eigenvalue weighted by atomic mass is 9.90. The maximum Gasteiger partial charge on any atom is 0.387 e. The first kappa shape index (κ1) is 17.0. The zero-order valence-electron chi connectivity index (χ0n) is 12.7. The molecule has 1 fully saturated rings. The number of hydrogen-bond acceptors (Lipinski definition) is 4. The van der Waals surface area contributed by atoms with Gasteiger partial charge in [-0.05, 0) is 31.5 Å². The van der Waals surface area contributed by atoms with E-state index < -0.39 is 18.0 Å². The Morgan fingerprint density at radius 1 is 1.35 bits per heavy atom. The number of carbonyl (C=O) groups is 2. The molecule has 1 aliphatic rings. The summed E-state index contributed by atoms with van der Waals surface area (Å²) in [6.07, 6.45) is 0.359. The van der Waals surface area contributed by atoms with Gasteiger partial charge in [-0.3, -0.25) is 9.59 Å².